The van der Waals surface area contributed by atoms with Crippen molar-refractivity contribution in [2.75, 3.05) is 0 Å². The second-order valence-electron chi connectivity index (χ2n) is 3.65. The van der Waals surface area contributed by atoms with Crippen molar-refractivity contribution >= 4 is 6.03 Å². The maximum absolute atomic E-state index is 10.8. The lowest BCUT2D eigenvalue weighted by Gasteiger charge is -2.25. The average Bonchev–Trinajstić information content (AvgIpc) is 2.18. The Hall–Kier alpha value is -1.51. The first-order chi connectivity index (χ1) is 6.77. The van der Waals surface area contributed by atoms with E-state index in [0.717, 1.165) is 19.3 Å². The summed E-state index contributed by atoms with van der Waals surface area (Å²) in [5.41, 5.74) is 7.68. The fourth-order valence-electron chi connectivity index (χ4n) is 2.08. The quantitative estimate of drug-likeness (QED) is 0.696. The van der Waals surface area contributed by atoms with Gasteiger partial charge in [0.1, 0.15) is 0 Å². The Kier molecular flexibility index (Phi) is 2.39. The number of rotatable bonds is 1. The second-order valence-corrected chi connectivity index (χ2v) is 3.65. The van der Waals surface area contributed by atoms with Crippen LogP contribution in [0.3, 0.4) is 0 Å². The molecule has 1 atom stereocenters. The number of aryl methyl sites for hydroxylation is 1. The maximum atomic E-state index is 10.8. The van der Waals surface area contributed by atoms with E-state index in [0.29, 0.717) is 0 Å². The number of benzene rings is 1. The summed E-state index contributed by atoms with van der Waals surface area (Å²) < 4.78 is 0. The van der Waals surface area contributed by atoms with E-state index in [4.69, 9.17) is 5.73 Å². The van der Waals surface area contributed by atoms with Crippen LogP contribution in [-0.4, -0.2) is 6.03 Å². The summed E-state index contributed by atoms with van der Waals surface area (Å²) in [5, 5.41) is 2.78. The van der Waals surface area contributed by atoms with Crippen LogP contribution >= 0.6 is 0 Å². The number of nitrogens with two attached hydrogens (primary N) is 1. The van der Waals surface area contributed by atoms with Crippen molar-refractivity contribution in [1.82, 2.24) is 5.32 Å². The zero-order valence-corrected chi connectivity index (χ0v) is 7.99. The van der Waals surface area contributed by atoms with Crippen molar-refractivity contribution in [1.29, 1.82) is 0 Å². The number of hydrogen-bond acceptors (Lipinski definition) is 1. The lowest BCUT2D eigenvalue weighted by atomic mass is 9.88. The lowest BCUT2D eigenvalue weighted by molar-refractivity contribution is 0.244. The molecule has 0 saturated carbocycles. The minimum atomic E-state index is -0.438. The summed E-state index contributed by atoms with van der Waals surface area (Å²) in [6, 6.07) is 7.88. The molecular formula is C11H14N2O. The van der Waals surface area contributed by atoms with Gasteiger partial charge in [0.15, 0.2) is 0 Å². The van der Waals surface area contributed by atoms with Gasteiger partial charge in [-0.05, 0) is 30.4 Å². The van der Waals surface area contributed by atoms with Gasteiger partial charge in [-0.1, -0.05) is 24.3 Å². The largest absolute Gasteiger partial charge is 0.352 e. The Bertz CT molecular complexity index is 349. The number of urea groups is 1. The normalized spacial score (nSPS) is 19.9. The smallest absolute Gasteiger partial charge is 0.312 e. The Morgan fingerprint density at radius 2 is 2.21 bits per heavy atom. The topological polar surface area (TPSA) is 55.1 Å². The molecule has 0 aliphatic heterocycles. The summed E-state index contributed by atoms with van der Waals surface area (Å²) in [4.78, 5) is 10.8. The highest BCUT2D eigenvalue weighted by Gasteiger charge is 2.19. The molecular weight excluding hydrogens is 176 g/mol. The molecule has 1 aliphatic rings. The fourth-order valence-corrected chi connectivity index (χ4v) is 2.08. The number of amides is 2. The molecule has 1 aromatic carbocycles. The predicted octanol–water partition coefficient (Wildman–Crippen LogP) is 1.73. The molecule has 74 valence electrons. The van der Waals surface area contributed by atoms with Crippen molar-refractivity contribution in [3.05, 3.63) is 35.4 Å². The third kappa shape index (κ3) is 1.71. The molecule has 2 amide bonds. The van der Waals surface area contributed by atoms with Crippen LogP contribution in [-0.2, 0) is 6.42 Å². The van der Waals surface area contributed by atoms with Crippen LogP contribution in [0.15, 0.2) is 24.3 Å². The summed E-state index contributed by atoms with van der Waals surface area (Å²) in [6.07, 6.45) is 3.20. The molecule has 3 N–H and O–H groups in total. The van der Waals surface area contributed by atoms with Gasteiger partial charge in [-0.2, -0.15) is 0 Å². The minimum Gasteiger partial charge on any atom is -0.352 e. The van der Waals surface area contributed by atoms with Crippen LogP contribution in [0.2, 0.25) is 0 Å². The monoisotopic (exact) mass is 190 g/mol. The van der Waals surface area contributed by atoms with E-state index in [2.05, 4.69) is 17.4 Å². The van der Waals surface area contributed by atoms with Crippen LogP contribution in [0.25, 0.3) is 0 Å². The van der Waals surface area contributed by atoms with Gasteiger partial charge in [0.2, 0.25) is 0 Å². The van der Waals surface area contributed by atoms with E-state index in [1.165, 1.54) is 11.1 Å². The summed E-state index contributed by atoms with van der Waals surface area (Å²) in [5.74, 6) is 0. The van der Waals surface area contributed by atoms with Crippen molar-refractivity contribution in [2.45, 2.75) is 25.3 Å². The van der Waals surface area contributed by atoms with Gasteiger partial charge >= 0.3 is 6.03 Å². The summed E-state index contributed by atoms with van der Waals surface area (Å²) in [7, 11) is 0. The van der Waals surface area contributed by atoms with Gasteiger partial charge in [-0.25, -0.2) is 4.79 Å². The number of carbonyl (C=O) groups excluding carboxylic acids is 1. The number of carbonyl (C=O) groups is 1. The predicted molar refractivity (Wildman–Crippen MR) is 54.8 cm³/mol. The molecule has 0 spiro atoms. The number of fused-ring (bicyclic) bond motifs is 1. The Balaban J connectivity index is 2.26. The van der Waals surface area contributed by atoms with Gasteiger partial charge in [-0.15, -0.1) is 0 Å². The molecule has 2 rings (SSSR count). The zero-order valence-electron chi connectivity index (χ0n) is 7.99. The van der Waals surface area contributed by atoms with Crippen molar-refractivity contribution < 1.29 is 4.79 Å². The van der Waals surface area contributed by atoms with E-state index in [1.807, 2.05) is 12.1 Å². The van der Waals surface area contributed by atoms with Gasteiger partial charge in [-0.3, -0.25) is 0 Å². The van der Waals surface area contributed by atoms with Gasteiger partial charge in [0.05, 0.1) is 6.04 Å². The second kappa shape index (κ2) is 3.70. The van der Waals surface area contributed by atoms with E-state index in [9.17, 15) is 4.79 Å². The van der Waals surface area contributed by atoms with Gasteiger partial charge in [0, 0.05) is 0 Å². The highest BCUT2D eigenvalue weighted by atomic mass is 16.2. The average molecular weight is 190 g/mol. The van der Waals surface area contributed by atoms with Crippen LogP contribution in [0.5, 0.6) is 0 Å². The highest BCUT2D eigenvalue weighted by molar-refractivity contribution is 5.72. The molecule has 3 nitrogen and oxygen atoms in total. The van der Waals surface area contributed by atoms with E-state index in [-0.39, 0.29) is 6.04 Å². The standard InChI is InChI=1S/C11H14N2O/c12-11(14)13-10-7-3-5-8-4-1-2-6-9(8)10/h1-2,4,6,10H,3,5,7H2,(H3,12,13,14)/t10-/m1/s1. The zero-order chi connectivity index (χ0) is 9.97. The van der Waals surface area contributed by atoms with Gasteiger partial charge < -0.3 is 11.1 Å². The molecule has 14 heavy (non-hydrogen) atoms. The number of hydrogen-bond donors (Lipinski definition) is 2. The lowest BCUT2D eigenvalue weighted by Crippen LogP contribution is -2.34. The number of nitrogens with one attached hydrogen (secondary N) is 1. The van der Waals surface area contributed by atoms with Crippen molar-refractivity contribution in [3.63, 3.8) is 0 Å². The minimum absolute atomic E-state index is 0.109. The third-order valence-electron chi connectivity index (χ3n) is 2.69. The molecule has 1 aliphatic carbocycles. The van der Waals surface area contributed by atoms with Crippen LogP contribution in [0.1, 0.15) is 30.0 Å². The SMILES string of the molecule is NC(=O)N[C@@H]1CCCc2ccccc21. The Morgan fingerprint density at radius 3 is 3.00 bits per heavy atom. The molecule has 0 saturated heterocycles. The van der Waals surface area contributed by atoms with E-state index < -0.39 is 6.03 Å². The van der Waals surface area contributed by atoms with E-state index in [1.54, 1.807) is 0 Å². The first kappa shape index (κ1) is 9.06. The molecule has 0 aromatic heterocycles. The van der Waals surface area contributed by atoms with E-state index >= 15 is 0 Å². The first-order valence-electron chi connectivity index (χ1n) is 4.91. The molecule has 0 bridgehead atoms. The van der Waals surface area contributed by atoms with Crippen LogP contribution < -0.4 is 11.1 Å². The molecule has 0 fully saturated rings. The molecule has 0 unspecified atom stereocenters. The van der Waals surface area contributed by atoms with Crippen LogP contribution in [0, 0.1) is 0 Å². The summed E-state index contributed by atoms with van der Waals surface area (Å²) in [6.45, 7) is 0. The third-order valence-corrected chi connectivity index (χ3v) is 2.69. The molecule has 1 aromatic rings. The molecule has 0 heterocycles. The Morgan fingerprint density at radius 1 is 1.43 bits per heavy atom. The van der Waals surface area contributed by atoms with Crippen molar-refractivity contribution in [3.8, 4) is 0 Å². The van der Waals surface area contributed by atoms with Crippen LogP contribution in [0.4, 0.5) is 4.79 Å². The van der Waals surface area contributed by atoms with Crippen molar-refractivity contribution in [2.24, 2.45) is 5.73 Å². The highest BCUT2D eigenvalue weighted by Crippen LogP contribution is 2.28. The first-order valence-corrected chi connectivity index (χ1v) is 4.91. The Labute approximate surface area is 83.3 Å². The molecule has 3 heteroatoms. The summed E-state index contributed by atoms with van der Waals surface area (Å²) >= 11 is 0. The molecule has 0 radical (unpaired) electrons. The maximum Gasteiger partial charge on any atom is 0.312 e. The number of primary amides is 1. The van der Waals surface area contributed by atoms with Gasteiger partial charge in [0.25, 0.3) is 0 Å². The fraction of sp³-hybridized carbons (Fsp3) is 0.364.